The molecule has 25 heavy (non-hydrogen) atoms. The minimum atomic E-state index is -3.57. The fourth-order valence-corrected chi connectivity index (χ4v) is 4.07. The van der Waals surface area contributed by atoms with Gasteiger partial charge in [0.1, 0.15) is 5.75 Å². The van der Waals surface area contributed by atoms with Gasteiger partial charge in [0.05, 0.1) is 24.5 Å². The molecule has 0 bridgehead atoms. The molecule has 1 aromatic rings. The molecule has 0 aliphatic carbocycles. The van der Waals surface area contributed by atoms with Crippen molar-refractivity contribution in [2.45, 2.75) is 37.1 Å². The van der Waals surface area contributed by atoms with Gasteiger partial charge in [0, 0.05) is 26.2 Å². The van der Waals surface area contributed by atoms with Crippen molar-refractivity contribution in [1.82, 2.24) is 9.62 Å². The van der Waals surface area contributed by atoms with Crippen LogP contribution < -0.4 is 9.46 Å². The van der Waals surface area contributed by atoms with Crippen molar-refractivity contribution >= 4 is 15.9 Å². The number of nitrogens with zero attached hydrogens (tertiary/aromatic N) is 1. The molecule has 0 saturated carbocycles. The summed E-state index contributed by atoms with van der Waals surface area (Å²) in [6.07, 6.45) is 1.57. The number of hydrogen-bond donors (Lipinski definition) is 1. The van der Waals surface area contributed by atoms with E-state index in [2.05, 4.69) is 4.72 Å². The summed E-state index contributed by atoms with van der Waals surface area (Å²) in [5.74, 6) is 0.694. The Morgan fingerprint density at radius 2 is 1.88 bits per heavy atom. The number of piperidine rings is 1. The lowest BCUT2D eigenvalue weighted by Gasteiger charge is -2.32. The second-order valence-corrected chi connectivity index (χ2v) is 7.64. The number of methoxy groups -OCH3 is 1. The van der Waals surface area contributed by atoms with Crippen molar-refractivity contribution < 1.29 is 22.7 Å². The first-order valence-electron chi connectivity index (χ1n) is 8.48. The number of sulfonamides is 1. The lowest BCUT2D eigenvalue weighted by Crippen LogP contribution is -2.46. The first-order chi connectivity index (χ1) is 12.0. The van der Waals surface area contributed by atoms with Crippen molar-refractivity contribution in [3.63, 3.8) is 0 Å². The van der Waals surface area contributed by atoms with Gasteiger partial charge in [0.15, 0.2) is 0 Å². The van der Waals surface area contributed by atoms with Gasteiger partial charge in [-0.3, -0.25) is 4.79 Å². The molecular formula is C17H26N2O5S. The van der Waals surface area contributed by atoms with Crippen LogP contribution in [-0.2, 0) is 19.6 Å². The molecule has 1 aromatic carbocycles. The third-order valence-electron chi connectivity index (χ3n) is 4.13. The van der Waals surface area contributed by atoms with Crippen molar-refractivity contribution in [3.8, 4) is 5.75 Å². The lowest BCUT2D eigenvalue weighted by molar-refractivity contribution is -0.133. The SMILES string of the molecule is CCOc1ccc(S(=O)(=O)NC2CCN(C(=O)CCOC)CC2)cc1. The quantitative estimate of drug-likeness (QED) is 0.747. The molecule has 1 heterocycles. The van der Waals surface area contributed by atoms with E-state index in [1.807, 2.05) is 6.92 Å². The summed E-state index contributed by atoms with van der Waals surface area (Å²) in [5, 5.41) is 0. The molecule has 0 radical (unpaired) electrons. The molecule has 140 valence electrons. The normalized spacial score (nSPS) is 16.0. The molecule has 1 amide bonds. The summed E-state index contributed by atoms with van der Waals surface area (Å²) < 4.78 is 37.9. The maximum atomic E-state index is 12.5. The Kier molecular flexibility index (Phi) is 7.22. The van der Waals surface area contributed by atoms with Crippen LogP contribution in [0.4, 0.5) is 0 Å². The molecule has 1 aliphatic heterocycles. The van der Waals surface area contributed by atoms with Crippen LogP contribution in [0, 0.1) is 0 Å². The van der Waals surface area contributed by atoms with E-state index in [1.165, 1.54) is 12.1 Å². The van der Waals surface area contributed by atoms with E-state index in [0.29, 0.717) is 51.3 Å². The molecule has 0 spiro atoms. The minimum Gasteiger partial charge on any atom is -0.494 e. The Labute approximate surface area is 149 Å². The molecule has 1 N–H and O–H groups in total. The van der Waals surface area contributed by atoms with Gasteiger partial charge in [-0.15, -0.1) is 0 Å². The fraction of sp³-hybridized carbons (Fsp3) is 0.588. The molecule has 2 rings (SSSR count). The molecule has 1 aliphatic rings. The summed E-state index contributed by atoms with van der Waals surface area (Å²) >= 11 is 0. The van der Waals surface area contributed by atoms with Crippen LogP contribution in [-0.4, -0.2) is 58.7 Å². The molecule has 1 fully saturated rings. The van der Waals surface area contributed by atoms with Crippen LogP contribution in [0.3, 0.4) is 0 Å². The maximum Gasteiger partial charge on any atom is 0.240 e. The van der Waals surface area contributed by atoms with Gasteiger partial charge in [-0.25, -0.2) is 13.1 Å². The van der Waals surface area contributed by atoms with Crippen LogP contribution in [0.5, 0.6) is 5.75 Å². The van der Waals surface area contributed by atoms with Crippen LogP contribution in [0.1, 0.15) is 26.2 Å². The highest BCUT2D eigenvalue weighted by molar-refractivity contribution is 7.89. The zero-order chi connectivity index (χ0) is 18.3. The Hall–Kier alpha value is -1.64. The van der Waals surface area contributed by atoms with Gasteiger partial charge >= 0.3 is 0 Å². The average Bonchev–Trinajstić information content (AvgIpc) is 2.61. The number of carbonyl (C=O) groups is 1. The number of nitrogens with one attached hydrogen (secondary N) is 1. The van der Waals surface area contributed by atoms with Crippen LogP contribution in [0.15, 0.2) is 29.2 Å². The van der Waals surface area contributed by atoms with Crippen molar-refractivity contribution in [3.05, 3.63) is 24.3 Å². The summed E-state index contributed by atoms with van der Waals surface area (Å²) in [5.41, 5.74) is 0. The van der Waals surface area contributed by atoms with E-state index in [1.54, 1.807) is 24.1 Å². The van der Waals surface area contributed by atoms with Gasteiger partial charge in [-0.05, 0) is 44.0 Å². The van der Waals surface area contributed by atoms with E-state index in [-0.39, 0.29) is 16.8 Å². The van der Waals surface area contributed by atoms with E-state index >= 15 is 0 Å². The topological polar surface area (TPSA) is 84.9 Å². The molecule has 0 atom stereocenters. The van der Waals surface area contributed by atoms with Crippen LogP contribution >= 0.6 is 0 Å². The van der Waals surface area contributed by atoms with Crippen molar-refractivity contribution in [1.29, 1.82) is 0 Å². The number of rotatable bonds is 8. The maximum absolute atomic E-state index is 12.5. The molecular weight excluding hydrogens is 344 g/mol. The van der Waals surface area contributed by atoms with Crippen molar-refractivity contribution in [2.24, 2.45) is 0 Å². The second-order valence-electron chi connectivity index (χ2n) is 5.92. The van der Waals surface area contributed by atoms with Crippen molar-refractivity contribution in [2.75, 3.05) is 33.4 Å². The van der Waals surface area contributed by atoms with Crippen LogP contribution in [0.25, 0.3) is 0 Å². The Morgan fingerprint density at radius 3 is 2.44 bits per heavy atom. The monoisotopic (exact) mass is 370 g/mol. The molecule has 7 nitrogen and oxygen atoms in total. The highest BCUT2D eigenvalue weighted by Crippen LogP contribution is 2.18. The van der Waals surface area contributed by atoms with Crippen LogP contribution in [0.2, 0.25) is 0 Å². The Morgan fingerprint density at radius 1 is 1.24 bits per heavy atom. The Balaban J connectivity index is 1.88. The Bertz CT molecular complexity index is 652. The highest BCUT2D eigenvalue weighted by atomic mass is 32.2. The average molecular weight is 370 g/mol. The number of likely N-dealkylation sites (tertiary alicyclic amines) is 1. The third-order valence-corrected chi connectivity index (χ3v) is 5.67. The van der Waals surface area contributed by atoms with E-state index in [0.717, 1.165) is 0 Å². The van der Waals surface area contributed by atoms with Gasteiger partial charge in [-0.1, -0.05) is 0 Å². The van der Waals surface area contributed by atoms with E-state index in [4.69, 9.17) is 9.47 Å². The summed E-state index contributed by atoms with van der Waals surface area (Å²) in [7, 11) is -2.01. The second kappa shape index (κ2) is 9.17. The number of hydrogen-bond acceptors (Lipinski definition) is 5. The lowest BCUT2D eigenvalue weighted by atomic mass is 10.1. The highest BCUT2D eigenvalue weighted by Gasteiger charge is 2.26. The van der Waals surface area contributed by atoms with Gasteiger partial charge in [-0.2, -0.15) is 0 Å². The number of carbonyl (C=O) groups excluding carboxylic acids is 1. The van der Waals surface area contributed by atoms with Gasteiger partial charge < -0.3 is 14.4 Å². The smallest absolute Gasteiger partial charge is 0.240 e. The van der Waals surface area contributed by atoms with Gasteiger partial charge in [0.25, 0.3) is 0 Å². The summed E-state index contributed by atoms with van der Waals surface area (Å²) in [6.45, 7) is 3.92. The number of amides is 1. The third kappa shape index (κ3) is 5.69. The molecule has 1 saturated heterocycles. The minimum absolute atomic E-state index is 0.0506. The summed E-state index contributed by atoms with van der Waals surface area (Å²) in [4.78, 5) is 13.9. The predicted molar refractivity (Wildman–Crippen MR) is 94.0 cm³/mol. The van der Waals surface area contributed by atoms with Gasteiger partial charge in [0.2, 0.25) is 15.9 Å². The molecule has 8 heteroatoms. The number of benzene rings is 1. The zero-order valence-corrected chi connectivity index (χ0v) is 15.5. The standard InChI is InChI=1S/C17H26N2O5S/c1-3-24-15-4-6-16(7-5-15)25(21,22)18-14-8-11-19(12-9-14)17(20)10-13-23-2/h4-7,14,18H,3,8-13H2,1-2H3. The fourth-order valence-electron chi connectivity index (χ4n) is 2.76. The molecule has 0 unspecified atom stereocenters. The zero-order valence-electron chi connectivity index (χ0n) is 14.7. The molecule has 0 aromatic heterocycles. The largest absolute Gasteiger partial charge is 0.494 e. The first-order valence-corrected chi connectivity index (χ1v) is 9.96. The van der Waals surface area contributed by atoms with E-state index in [9.17, 15) is 13.2 Å². The summed E-state index contributed by atoms with van der Waals surface area (Å²) in [6, 6.07) is 6.21. The first kappa shape index (κ1) is 19.7. The number of ether oxygens (including phenoxy) is 2. The van der Waals surface area contributed by atoms with E-state index < -0.39 is 10.0 Å². The predicted octanol–water partition coefficient (Wildman–Crippen LogP) is 1.39.